The van der Waals surface area contributed by atoms with Crippen LogP contribution in [0.4, 0.5) is 5.69 Å². The number of nitrogens with one attached hydrogen (secondary N) is 2. The average molecular weight is 437 g/mol. The number of amides is 1. The predicted octanol–water partition coefficient (Wildman–Crippen LogP) is 2.45. The molecule has 0 fully saturated rings. The lowest BCUT2D eigenvalue weighted by atomic mass is 10.1. The summed E-state index contributed by atoms with van der Waals surface area (Å²) in [7, 11) is 2.37. The second-order valence-electron chi connectivity index (χ2n) is 6.43. The van der Waals surface area contributed by atoms with Crippen molar-refractivity contribution in [1.29, 1.82) is 0 Å². The molecule has 2 aromatic carbocycles. The van der Waals surface area contributed by atoms with E-state index in [0.29, 0.717) is 5.69 Å². The molecule has 0 radical (unpaired) electrons. The second kappa shape index (κ2) is 10.0. The molecule has 2 N–H and O–H groups in total. The van der Waals surface area contributed by atoms with Crippen molar-refractivity contribution in [2.24, 2.45) is 0 Å². The highest BCUT2D eigenvalue weighted by Crippen LogP contribution is 2.21. The molecule has 1 amide bonds. The molecular weight excluding hydrogens is 418 g/mol. The third-order valence-electron chi connectivity index (χ3n) is 4.32. The van der Waals surface area contributed by atoms with Gasteiger partial charge in [-0.25, -0.2) is 14.4 Å². The van der Waals surface area contributed by atoms with Crippen LogP contribution in [0, 0.1) is 0 Å². The van der Waals surface area contributed by atoms with Gasteiger partial charge < -0.3 is 19.5 Å². The number of methoxy groups -OCH3 is 2. The maximum atomic E-state index is 12.4. The molecule has 1 heterocycles. The van der Waals surface area contributed by atoms with Crippen LogP contribution in [0.25, 0.3) is 11.3 Å². The largest absolute Gasteiger partial charge is 0.465 e. The number of esters is 3. The number of aromatic nitrogens is 2. The maximum absolute atomic E-state index is 12.4. The molecule has 0 atom stereocenters. The molecule has 0 saturated carbocycles. The molecular formula is C22H19N3O7. The number of ether oxygens (including phenoxy) is 3. The Morgan fingerprint density at radius 2 is 1.53 bits per heavy atom. The second-order valence-corrected chi connectivity index (χ2v) is 6.43. The number of hydrogen-bond acceptors (Lipinski definition) is 8. The number of carbonyl (C=O) groups excluding carboxylic acids is 4. The van der Waals surface area contributed by atoms with E-state index in [1.165, 1.54) is 38.6 Å². The van der Waals surface area contributed by atoms with Crippen LogP contribution in [0.15, 0.2) is 54.7 Å². The van der Waals surface area contributed by atoms with E-state index in [2.05, 4.69) is 25.0 Å². The van der Waals surface area contributed by atoms with Crippen molar-refractivity contribution in [3.8, 4) is 11.3 Å². The minimum atomic E-state index is -0.744. The molecule has 0 unspecified atom stereocenters. The van der Waals surface area contributed by atoms with Crippen LogP contribution in [0.2, 0.25) is 0 Å². The molecule has 32 heavy (non-hydrogen) atoms. The van der Waals surface area contributed by atoms with E-state index in [0.717, 1.165) is 5.56 Å². The summed E-state index contributed by atoms with van der Waals surface area (Å²) in [5.41, 5.74) is 1.57. The fourth-order valence-electron chi connectivity index (χ4n) is 2.84. The Labute approximate surface area is 182 Å². The highest BCUT2D eigenvalue weighted by Gasteiger charge is 2.19. The quantitative estimate of drug-likeness (QED) is 0.425. The van der Waals surface area contributed by atoms with Crippen LogP contribution >= 0.6 is 0 Å². The van der Waals surface area contributed by atoms with E-state index in [-0.39, 0.29) is 22.4 Å². The smallest absolute Gasteiger partial charge is 0.342 e. The van der Waals surface area contributed by atoms with Gasteiger partial charge in [-0.15, -0.1) is 0 Å². The third kappa shape index (κ3) is 5.17. The molecule has 0 aliphatic heterocycles. The van der Waals surface area contributed by atoms with Crippen LogP contribution < -0.4 is 5.32 Å². The topological polar surface area (TPSA) is 137 Å². The third-order valence-corrected chi connectivity index (χ3v) is 4.32. The summed E-state index contributed by atoms with van der Waals surface area (Å²) in [5.74, 6) is -2.83. The van der Waals surface area contributed by atoms with Crippen LogP contribution in [-0.4, -0.2) is 54.8 Å². The van der Waals surface area contributed by atoms with Crippen LogP contribution in [0.3, 0.4) is 0 Å². The van der Waals surface area contributed by atoms with Gasteiger partial charge in [0.25, 0.3) is 5.91 Å². The molecule has 0 aliphatic carbocycles. The molecule has 0 spiro atoms. The van der Waals surface area contributed by atoms with Gasteiger partial charge in [-0.2, -0.15) is 5.10 Å². The highest BCUT2D eigenvalue weighted by molar-refractivity contribution is 6.01. The average Bonchev–Trinajstić information content (AvgIpc) is 3.32. The molecule has 164 valence electrons. The SMILES string of the molecule is COC(=O)c1cc(NC(=O)COC(=O)c2cn[nH]c2-c2ccccc2)cc(C(=O)OC)c1. The van der Waals surface area contributed by atoms with Crippen molar-refractivity contribution in [2.75, 3.05) is 26.1 Å². The fraction of sp³-hybridized carbons (Fsp3) is 0.136. The van der Waals surface area contributed by atoms with E-state index in [9.17, 15) is 19.2 Å². The minimum Gasteiger partial charge on any atom is -0.465 e. The van der Waals surface area contributed by atoms with Gasteiger partial charge in [0.05, 0.1) is 37.2 Å². The fourth-order valence-corrected chi connectivity index (χ4v) is 2.84. The molecule has 0 saturated heterocycles. The van der Waals surface area contributed by atoms with Crippen LogP contribution in [0.5, 0.6) is 0 Å². The first-order valence-electron chi connectivity index (χ1n) is 9.30. The molecule has 10 nitrogen and oxygen atoms in total. The van der Waals surface area contributed by atoms with Gasteiger partial charge in [0, 0.05) is 11.3 Å². The van der Waals surface area contributed by atoms with Crippen LogP contribution in [-0.2, 0) is 19.0 Å². The Morgan fingerprint density at radius 1 is 0.906 bits per heavy atom. The predicted molar refractivity (Wildman–Crippen MR) is 112 cm³/mol. The summed E-state index contributed by atoms with van der Waals surface area (Å²) in [6.07, 6.45) is 1.31. The first-order valence-corrected chi connectivity index (χ1v) is 9.30. The number of benzene rings is 2. The van der Waals surface area contributed by atoms with E-state index in [4.69, 9.17) is 4.74 Å². The standard InChI is InChI=1S/C22H19N3O7/c1-30-20(27)14-8-15(21(28)31-2)10-16(9-14)24-18(26)12-32-22(29)17-11-23-25-19(17)13-6-4-3-5-7-13/h3-11H,12H2,1-2H3,(H,23,25)(H,24,26). The lowest BCUT2D eigenvalue weighted by Crippen LogP contribution is -2.21. The molecule has 0 bridgehead atoms. The van der Waals surface area contributed by atoms with Crippen molar-refractivity contribution < 1.29 is 33.4 Å². The summed E-state index contributed by atoms with van der Waals surface area (Å²) in [4.78, 5) is 48.4. The number of hydrogen-bond donors (Lipinski definition) is 2. The summed E-state index contributed by atoms with van der Waals surface area (Å²) in [6, 6.07) is 13.0. The summed E-state index contributed by atoms with van der Waals surface area (Å²) in [6.45, 7) is -0.603. The molecule has 3 aromatic rings. The first kappa shape index (κ1) is 22.2. The van der Waals surface area contributed by atoms with E-state index < -0.39 is 30.4 Å². The van der Waals surface area contributed by atoms with Crippen LogP contribution in [0.1, 0.15) is 31.1 Å². The number of carbonyl (C=O) groups is 4. The summed E-state index contributed by atoms with van der Waals surface area (Å²) < 4.78 is 14.4. The number of anilines is 1. The van der Waals surface area contributed by atoms with E-state index in [1.54, 1.807) is 12.1 Å². The van der Waals surface area contributed by atoms with Crippen molar-refractivity contribution >= 4 is 29.5 Å². The zero-order valence-corrected chi connectivity index (χ0v) is 17.2. The number of nitrogens with zero attached hydrogens (tertiary/aromatic N) is 1. The molecule has 3 rings (SSSR count). The highest BCUT2D eigenvalue weighted by atomic mass is 16.5. The maximum Gasteiger partial charge on any atom is 0.342 e. The Balaban J connectivity index is 1.69. The summed E-state index contributed by atoms with van der Waals surface area (Å²) >= 11 is 0. The van der Waals surface area contributed by atoms with Crippen molar-refractivity contribution in [1.82, 2.24) is 10.2 Å². The van der Waals surface area contributed by atoms with Gasteiger partial charge >= 0.3 is 17.9 Å². The van der Waals surface area contributed by atoms with Gasteiger partial charge in [-0.1, -0.05) is 30.3 Å². The van der Waals surface area contributed by atoms with Crippen molar-refractivity contribution in [2.45, 2.75) is 0 Å². The van der Waals surface area contributed by atoms with Gasteiger partial charge in [0.2, 0.25) is 0 Å². The Morgan fingerprint density at radius 3 is 2.12 bits per heavy atom. The number of rotatable bonds is 7. The summed E-state index contributed by atoms with van der Waals surface area (Å²) in [5, 5.41) is 9.08. The van der Waals surface area contributed by atoms with E-state index in [1.807, 2.05) is 18.2 Å². The molecule has 10 heteroatoms. The Kier molecular flexibility index (Phi) is 6.96. The normalized spacial score (nSPS) is 10.2. The molecule has 0 aliphatic rings. The lowest BCUT2D eigenvalue weighted by Gasteiger charge is -2.10. The number of aromatic amines is 1. The van der Waals surface area contributed by atoms with E-state index >= 15 is 0 Å². The zero-order valence-electron chi connectivity index (χ0n) is 17.2. The van der Waals surface area contributed by atoms with Crippen molar-refractivity contribution in [3.63, 3.8) is 0 Å². The Hall–Kier alpha value is -4.47. The molecule has 1 aromatic heterocycles. The minimum absolute atomic E-state index is 0.0357. The van der Waals surface area contributed by atoms with Gasteiger partial charge in [0.15, 0.2) is 6.61 Å². The monoisotopic (exact) mass is 437 g/mol. The lowest BCUT2D eigenvalue weighted by molar-refractivity contribution is -0.119. The zero-order chi connectivity index (χ0) is 23.1. The van der Waals surface area contributed by atoms with Crippen molar-refractivity contribution in [3.05, 3.63) is 71.4 Å². The van der Waals surface area contributed by atoms with Gasteiger partial charge in [-0.3, -0.25) is 9.89 Å². The van der Waals surface area contributed by atoms with Gasteiger partial charge in [0.1, 0.15) is 5.56 Å². The number of H-pyrrole nitrogens is 1. The Bertz CT molecular complexity index is 1120. The van der Waals surface area contributed by atoms with Gasteiger partial charge in [-0.05, 0) is 18.2 Å². The first-order chi connectivity index (χ1) is 15.4.